The molecule has 0 unspecified atom stereocenters. The van der Waals surface area contributed by atoms with Gasteiger partial charge in [-0.1, -0.05) is 15.9 Å². The number of halogens is 1. The lowest BCUT2D eigenvalue weighted by Crippen LogP contribution is -2.02. The van der Waals surface area contributed by atoms with E-state index in [1.54, 1.807) is 6.33 Å². The second-order valence-corrected chi connectivity index (χ2v) is 5.00. The fourth-order valence-corrected chi connectivity index (χ4v) is 2.38. The summed E-state index contributed by atoms with van der Waals surface area (Å²) in [5.74, 6) is 1.64. The first-order valence-electron chi connectivity index (χ1n) is 5.63. The van der Waals surface area contributed by atoms with Gasteiger partial charge in [0.25, 0.3) is 0 Å². The number of aromatic nitrogens is 2. The van der Waals surface area contributed by atoms with Gasteiger partial charge in [0, 0.05) is 22.8 Å². The number of anilines is 3. The molecular weight excluding hydrogens is 292 g/mol. The number of rotatable bonds is 3. The maximum atomic E-state index is 4.26. The van der Waals surface area contributed by atoms with Crippen molar-refractivity contribution in [1.82, 2.24) is 9.97 Å². The third-order valence-electron chi connectivity index (χ3n) is 2.63. The molecule has 2 aromatic rings. The zero-order valence-corrected chi connectivity index (χ0v) is 12.2. The summed E-state index contributed by atoms with van der Waals surface area (Å²) in [7, 11) is 1.85. The van der Waals surface area contributed by atoms with Crippen LogP contribution in [0.25, 0.3) is 0 Å². The van der Waals surface area contributed by atoms with Crippen molar-refractivity contribution in [3.05, 3.63) is 40.1 Å². The lowest BCUT2D eigenvalue weighted by molar-refractivity contribution is 1.12. The Labute approximate surface area is 115 Å². The molecule has 0 saturated heterocycles. The van der Waals surface area contributed by atoms with Gasteiger partial charge in [-0.2, -0.15) is 0 Å². The van der Waals surface area contributed by atoms with Crippen LogP contribution in [-0.4, -0.2) is 17.0 Å². The van der Waals surface area contributed by atoms with Crippen LogP contribution in [0.3, 0.4) is 0 Å². The molecule has 0 amide bonds. The van der Waals surface area contributed by atoms with Crippen molar-refractivity contribution in [2.45, 2.75) is 13.8 Å². The van der Waals surface area contributed by atoms with Crippen LogP contribution < -0.4 is 10.6 Å². The third-order valence-corrected chi connectivity index (χ3v) is 3.08. The van der Waals surface area contributed by atoms with Crippen LogP contribution >= 0.6 is 15.9 Å². The average molecular weight is 307 g/mol. The summed E-state index contributed by atoms with van der Waals surface area (Å²) in [6.45, 7) is 4.04. The topological polar surface area (TPSA) is 49.8 Å². The Balaban J connectivity index is 2.34. The van der Waals surface area contributed by atoms with Crippen molar-refractivity contribution in [2.75, 3.05) is 17.7 Å². The van der Waals surface area contributed by atoms with Gasteiger partial charge in [0.15, 0.2) is 0 Å². The van der Waals surface area contributed by atoms with E-state index in [0.717, 1.165) is 27.4 Å². The summed E-state index contributed by atoms with van der Waals surface area (Å²) >= 11 is 3.49. The van der Waals surface area contributed by atoms with Gasteiger partial charge in [0.05, 0.1) is 0 Å². The first kappa shape index (κ1) is 12.8. The van der Waals surface area contributed by atoms with Gasteiger partial charge in [-0.25, -0.2) is 9.97 Å². The summed E-state index contributed by atoms with van der Waals surface area (Å²) < 4.78 is 1.05. The van der Waals surface area contributed by atoms with Crippen LogP contribution in [0.5, 0.6) is 0 Å². The van der Waals surface area contributed by atoms with Crippen LogP contribution in [0.1, 0.15) is 11.1 Å². The van der Waals surface area contributed by atoms with Crippen molar-refractivity contribution in [3.63, 3.8) is 0 Å². The van der Waals surface area contributed by atoms with Crippen LogP contribution in [0, 0.1) is 13.8 Å². The maximum absolute atomic E-state index is 4.26. The van der Waals surface area contributed by atoms with E-state index in [0.29, 0.717) is 0 Å². The molecule has 1 aromatic heterocycles. The number of benzene rings is 1. The fourth-order valence-electron chi connectivity index (χ4n) is 1.77. The van der Waals surface area contributed by atoms with E-state index < -0.39 is 0 Å². The molecule has 0 bridgehead atoms. The third kappa shape index (κ3) is 2.79. The molecule has 0 radical (unpaired) electrons. The molecule has 0 fully saturated rings. The molecule has 94 valence electrons. The molecule has 0 spiro atoms. The minimum absolute atomic E-state index is 0.812. The second-order valence-electron chi connectivity index (χ2n) is 4.09. The molecule has 0 aliphatic rings. The Bertz CT molecular complexity index is 549. The van der Waals surface area contributed by atoms with E-state index in [1.165, 1.54) is 5.56 Å². The fraction of sp³-hybridized carbons (Fsp3) is 0.231. The van der Waals surface area contributed by atoms with E-state index in [-0.39, 0.29) is 0 Å². The van der Waals surface area contributed by atoms with Crippen molar-refractivity contribution >= 4 is 33.3 Å². The van der Waals surface area contributed by atoms with Gasteiger partial charge in [-0.05, 0) is 37.6 Å². The highest BCUT2D eigenvalue weighted by Crippen LogP contribution is 2.25. The Morgan fingerprint density at radius 3 is 2.44 bits per heavy atom. The van der Waals surface area contributed by atoms with Crippen molar-refractivity contribution in [2.24, 2.45) is 0 Å². The highest BCUT2D eigenvalue weighted by atomic mass is 79.9. The van der Waals surface area contributed by atoms with Crippen molar-refractivity contribution in [3.8, 4) is 0 Å². The number of hydrogen-bond acceptors (Lipinski definition) is 4. The molecule has 5 heteroatoms. The Kier molecular flexibility index (Phi) is 3.81. The largest absolute Gasteiger partial charge is 0.373 e. The second kappa shape index (κ2) is 5.35. The van der Waals surface area contributed by atoms with E-state index in [2.05, 4.69) is 55.6 Å². The number of nitrogens with zero attached hydrogens (tertiary/aromatic N) is 2. The summed E-state index contributed by atoms with van der Waals surface area (Å²) in [5, 5.41) is 6.35. The quantitative estimate of drug-likeness (QED) is 0.909. The van der Waals surface area contributed by atoms with Gasteiger partial charge in [0.1, 0.15) is 18.0 Å². The molecule has 4 nitrogen and oxygen atoms in total. The predicted molar refractivity (Wildman–Crippen MR) is 78.5 cm³/mol. The predicted octanol–water partition coefficient (Wildman–Crippen LogP) is 3.64. The van der Waals surface area contributed by atoms with E-state index >= 15 is 0 Å². The van der Waals surface area contributed by atoms with Crippen LogP contribution in [0.4, 0.5) is 17.3 Å². The molecule has 18 heavy (non-hydrogen) atoms. The molecule has 1 heterocycles. The highest BCUT2D eigenvalue weighted by molar-refractivity contribution is 9.10. The van der Waals surface area contributed by atoms with Crippen LogP contribution in [0.15, 0.2) is 29.0 Å². The Morgan fingerprint density at radius 1 is 1.06 bits per heavy atom. The monoisotopic (exact) mass is 306 g/mol. The van der Waals surface area contributed by atoms with Gasteiger partial charge < -0.3 is 10.6 Å². The molecule has 2 N–H and O–H groups in total. The molecule has 0 atom stereocenters. The molecule has 0 aliphatic carbocycles. The molecule has 0 saturated carbocycles. The highest BCUT2D eigenvalue weighted by Gasteiger charge is 2.06. The normalized spacial score (nSPS) is 10.2. The van der Waals surface area contributed by atoms with E-state index in [1.807, 2.05) is 20.0 Å². The van der Waals surface area contributed by atoms with E-state index in [4.69, 9.17) is 0 Å². The van der Waals surface area contributed by atoms with Crippen molar-refractivity contribution < 1.29 is 0 Å². The Hall–Kier alpha value is -1.62. The average Bonchev–Trinajstić information content (AvgIpc) is 2.30. The van der Waals surface area contributed by atoms with E-state index in [9.17, 15) is 0 Å². The zero-order valence-electron chi connectivity index (χ0n) is 10.6. The number of aryl methyl sites for hydroxylation is 1. The summed E-state index contributed by atoms with van der Waals surface area (Å²) in [6.07, 6.45) is 1.55. The molecule has 1 aromatic carbocycles. The number of hydrogen-bond donors (Lipinski definition) is 2. The first-order valence-corrected chi connectivity index (χ1v) is 6.43. The minimum Gasteiger partial charge on any atom is -0.373 e. The van der Waals surface area contributed by atoms with Gasteiger partial charge in [-0.15, -0.1) is 0 Å². The van der Waals surface area contributed by atoms with Crippen LogP contribution in [-0.2, 0) is 0 Å². The SMILES string of the molecule is CNc1ncnc(Nc2cc(C)cc(Br)c2)c1C. The van der Waals surface area contributed by atoms with Crippen LogP contribution in [0.2, 0.25) is 0 Å². The summed E-state index contributed by atoms with van der Waals surface area (Å²) in [4.78, 5) is 8.43. The summed E-state index contributed by atoms with van der Waals surface area (Å²) in [6, 6.07) is 6.16. The molecule has 2 rings (SSSR count). The summed E-state index contributed by atoms with van der Waals surface area (Å²) in [5.41, 5.74) is 3.19. The lowest BCUT2D eigenvalue weighted by Gasteiger charge is -2.11. The maximum Gasteiger partial charge on any atom is 0.138 e. The zero-order chi connectivity index (χ0) is 13.1. The standard InChI is InChI=1S/C13H15BrN4/c1-8-4-10(14)6-11(5-8)18-13-9(2)12(15-3)16-7-17-13/h4-7H,1-3H3,(H2,15,16,17,18). The number of nitrogens with one attached hydrogen (secondary N) is 2. The van der Waals surface area contributed by atoms with Gasteiger partial charge >= 0.3 is 0 Å². The Morgan fingerprint density at radius 2 is 1.78 bits per heavy atom. The minimum atomic E-state index is 0.812. The van der Waals surface area contributed by atoms with Gasteiger partial charge in [0.2, 0.25) is 0 Å². The molecular formula is C13H15BrN4. The van der Waals surface area contributed by atoms with Crippen molar-refractivity contribution in [1.29, 1.82) is 0 Å². The molecule has 0 aliphatic heterocycles. The lowest BCUT2D eigenvalue weighted by atomic mass is 10.2. The van der Waals surface area contributed by atoms with Gasteiger partial charge in [-0.3, -0.25) is 0 Å². The smallest absolute Gasteiger partial charge is 0.138 e. The first-order chi connectivity index (χ1) is 8.60.